The maximum atomic E-state index is 12.3. The number of aliphatic hydroxyl groups excluding tert-OH is 1. The molecule has 8 heteroatoms. The molecule has 3 aromatic rings. The van der Waals surface area contributed by atoms with E-state index in [2.05, 4.69) is 9.97 Å². The third-order valence-corrected chi connectivity index (χ3v) is 4.49. The van der Waals surface area contributed by atoms with E-state index in [0.29, 0.717) is 11.0 Å². The molecule has 0 radical (unpaired) electrons. The zero-order valence-corrected chi connectivity index (χ0v) is 13.8. The Bertz CT molecular complexity index is 1010. The van der Waals surface area contributed by atoms with E-state index in [1.54, 1.807) is 12.3 Å². The molecule has 0 atom stereocenters. The Kier molecular flexibility index (Phi) is 4.73. The Labute approximate surface area is 145 Å². The number of H-pyrrole nitrogens is 1. The summed E-state index contributed by atoms with van der Waals surface area (Å²) in [5.41, 5.74) is 1.71. The minimum absolute atomic E-state index is 0.117. The fourth-order valence-electron chi connectivity index (χ4n) is 2.62. The SMILES string of the molecule is O=C(O)CCC(=O)c1c(CO)c2ncc(-c3ccsc3)cc2[nH]c1=O. The van der Waals surface area contributed by atoms with Crippen LogP contribution in [0, 0.1) is 0 Å². The Hall–Kier alpha value is -2.84. The normalized spacial score (nSPS) is 10.9. The second-order valence-electron chi connectivity index (χ2n) is 5.41. The number of nitrogens with one attached hydrogen (secondary N) is 1. The van der Waals surface area contributed by atoms with Crippen molar-refractivity contribution in [2.45, 2.75) is 19.4 Å². The van der Waals surface area contributed by atoms with Crippen LogP contribution in [-0.2, 0) is 11.4 Å². The predicted molar refractivity (Wildman–Crippen MR) is 92.8 cm³/mol. The lowest BCUT2D eigenvalue weighted by Gasteiger charge is -2.10. The number of hydrogen-bond donors (Lipinski definition) is 3. The van der Waals surface area contributed by atoms with Gasteiger partial charge < -0.3 is 15.2 Å². The van der Waals surface area contributed by atoms with Gasteiger partial charge in [0, 0.05) is 23.7 Å². The molecule has 3 rings (SSSR count). The smallest absolute Gasteiger partial charge is 0.303 e. The first-order valence-corrected chi connectivity index (χ1v) is 8.39. The average molecular weight is 358 g/mol. The van der Waals surface area contributed by atoms with Crippen LogP contribution in [0.4, 0.5) is 0 Å². The largest absolute Gasteiger partial charge is 0.481 e. The summed E-state index contributed by atoms with van der Waals surface area (Å²) in [6.07, 6.45) is 0.906. The molecule has 0 aliphatic carbocycles. The number of aliphatic hydroxyl groups is 1. The molecule has 0 spiro atoms. The van der Waals surface area contributed by atoms with Crippen molar-refractivity contribution in [3.8, 4) is 11.1 Å². The van der Waals surface area contributed by atoms with E-state index >= 15 is 0 Å². The van der Waals surface area contributed by atoms with E-state index in [0.717, 1.165) is 11.1 Å². The summed E-state index contributed by atoms with van der Waals surface area (Å²) in [5, 5.41) is 22.2. The fraction of sp³-hybridized carbons (Fsp3) is 0.176. The van der Waals surface area contributed by atoms with E-state index in [1.807, 2.05) is 16.8 Å². The summed E-state index contributed by atoms with van der Waals surface area (Å²) in [6.45, 7) is -0.542. The van der Waals surface area contributed by atoms with Crippen LogP contribution >= 0.6 is 11.3 Å². The molecule has 0 aromatic carbocycles. The number of aromatic amines is 1. The number of nitrogens with zero attached hydrogens (tertiary/aromatic N) is 1. The predicted octanol–water partition coefficient (Wildman–Crippen LogP) is 2.19. The first kappa shape index (κ1) is 17.0. The van der Waals surface area contributed by atoms with Gasteiger partial charge in [0.1, 0.15) is 0 Å². The van der Waals surface area contributed by atoms with E-state index in [1.165, 1.54) is 11.3 Å². The van der Waals surface area contributed by atoms with Crippen LogP contribution < -0.4 is 5.56 Å². The highest BCUT2D eigenvalue weighted by Crippen LogP contribution is 2.25. The number of hydrogen-bond acceptors (Lipinski definition) is 6. The van der Waals surface area contributed by atoms with Crippen LogP contribution in [0.3, 0.4) is 0 Å². The van der Waals surface area contributed by atoms with Crippen LogP contribution in [0.15, 0.2) is 33.9 Å². The molecule has 3 N–H and O–H groups in total. The minimum atomic E-state index is -1.13. The molecule has 128 valence electrons. The molecule has 0 saturated heterocycles. The van der Waals surface area contributed by atoms with E-state index in [4.69, 9.17) is 5.11 Å². The summed E-state index contributed by atoms with van der Waals surface area (Å²) < 4.78 is 0. The van der Waals surface area contributed by atoms with Gasteiger partial charge in [-0.3, -0.25) is 19.4 Å². The molecule has 0 unspecified atom stereocenters. The number of ketones is 1. The zero-order chi connectivity index (χ0) is 18.0. The number of carbonyl (C=O) groups is 2. The van der Waals surface area contributed by atoms with Crippen molar-refractivity contribution in [1.29, 1.82) is 0 Å². The Morgan fingerprint density at radius 2 is 2.04 bits per heavy atom. The number of carbonyl (C=O) groups excluding carboxylic acids is 1. The lowest BCUT2D eigenvalue weighted by Crippen LogP contribution is -2.22. The number of thiophene rings is 1. The number of pyridine rings is 2. The second-order valence-corrected chi connectivity index (χ2v) is 6.19. The van der Waals surface area contributed by atoms with Gasteiger partial charge in [-0.25, -0.2) is 0 Å². The van der Waals surface area contributed by atoms with Crippen molar-refractivity contribution in [3.05, 3.63) is 50.6 Å². The average Bonchev–Trinajstić information content (AvgIpc) is 3.12. The third-order valence-electron chi connectivity index (χ3n) is 3.81. The van der Waals surface area contributed by atoms with Crippen LogP contribution in [0.2, 0.25) is 0 Å². The maximum absolute atomic E-state index is 12.3. The van der Waals surface area contributed by atoms with E-state index in [9.17, 15) is 19.5 Å². The van der Waals surface area contributed by atoms with Gasteiger partial charge in [-0.05, 0) is 28.5 Å². The fourth-order valence-corrected chi connectivity index (χ4v) is 3.29. The highest BCUT2D eigenvalue weighted by atomic mass is 32.1. The molecule has 7 nitrogen and oxygen atoms in total. The van der Waals surface area contributed by atoms with Crippen LogP contribution in [0.1, 0.15) is 28.8 Å². The number of aliphatic carboxylic acids is 1. The van der Waals surface area contributed by atoms with Gasteiger partial charge in [0.15, 0.2) is 5.78 Å². The van der Waals surface area contributed by atoms with Crippen molar-refractivity contribution < 1.29 is 19.8 Å². The monoisotopic (exact) mass is 358 g/mol. The molecule has 0 saturated carbocycles. The molecule has 0 bridgehead atoms. The van der Waals surface area contributed by atoms with Crippen LogP contribution in [0.5, 0.6) is 0 Å². The first-order chi connectivity index (χ1) is 12.0. The van der Waals surface area contributed by atoms with E-state index < -0.39 is 23.9 Å². The minimum Gasteiger partial charge on any atom is -0.481 e. The number of fused-ring (bicyclic) bond motifs is 1. The van der Waals surface area contributed by atoms with Gasteiger partial charge in [-0.15, -0.1) is 0 Å². The van der Waals surface area contributed by atoms with Crippen LogP contribution in [0.25, 0.3) is 22.2 Å². The van der Waals surface area contributed by atoms with Gasteiger partial charge in [0.25, 0.3) is 5.56 Å². The summed E-state index contributed by atoms with van der Waals surface area (Å²) in [7, 11) is 0. The lowest BCUT2D eigenvalue weighted by atomic mass is 10.0. The Balaban J connectivity index is 2.12. The molecule has 0 aliphatic heterocycles. The van der Waals surface area contributed by atoms with Crippen molar-refractivity contribution in [2.75, 3.05) is 0 Å². The first-order valence-electron chi connectivity index (χ1n) is 7.44. The van der Waals surface area contributed by atoms with Crippen molar-refractivity contribution in [3.63, 3.8) is 0 Å². The molecule has 25 heavy (non-hydrogen) atoms. The summed E-state index contributed by atoms with van der Waals surface area (Å²) >= 11 is 1.53. The third kappa shape index (κ3) is 3.35. The summed E-state index contributed by atoms with van der Waals surface area (Å²) in [4.78, 5) is 42.1. The molecular formula is C17H14N2O5S. The summed E-state index contributed by atoms with van der Waals surface area (Å²) in [6, 6.07) is 3.65. The molecular weight excluding hydrogens is 344 g/mol. The van der Waals surface area contributed by atoms with Gasteiger partial charge >= 0.3 is 5.97 Å². The van der Waals surface area contributed by atoms with E-state index in [-0.39, 0.29) is 24.0 Å². The maximum Gasteiger partial charge on any atom is 0.303 e. The van der Waals surface area contributed by atoms with Crippen molar-refractivity contribution in [2.24, 2.45) is 0 Å². The van der Waals surface area contributed by atoms with Gasteiger partial charge in [-0.1, -0.05) is 0 Å². The number of carboxylic acids is 1. The lowest BCUT2D eigenvalue weighted by molar-refractivity contribution is -0.136. The number of rotatable bonds is 6. The zero-order valence-electron chi connectivity index (χ0n) is 13.0. The Morgan fingerprint density at radius 1 is 1.24 bits per heavy atom. The second kappa shape index (κ2) is 6.96. The van der Waals surface area contributed by atoms with Gasteiger partial charge in [-0.2, -0.15) is 11.3 Å². The molecule has 3 heterocycles. The van der Waals surface area contributed by atoms with Crippen molar-refractivity contribution in [1.82, 2.24) is 9.97 Å². The van der Waals surface area contributed by atoms with Gasteiger partial charge in [0.05, 0.1) is 29.6 Å². The van der Waals surface area contributed by atoms with Gasteiger partial charge in [0.2, 0.25) is 0 Å². The highest BCUT2D eigenvalue weighted by molar-refractivity contribution is 7.08. The highest BCUT2D eigenvalue weighted by Gasteiger charge is 2.20. The standard InChI is InChI=1S/C17H14N2O5S/c20-7-11-15(13(21)1-2-14(22)23)17(24)19-12-5-10(6-18-16(11)12)9-3-4-25-8-9/h3-6,8,20H,1-2,7H2,(H,19,24)(H,22,23). The van der Waals surface area contributed by atoms with Crippen molar-refractivity contribution >= 4 is 34.1 Å². The quantitative estimate of drug-likeness (QED) is 0.581. The Morgan fingerprint density at radius 3 is 2.68 bits per heavy atom. The number of aromatic nitrogens is 2. The molecule has 3 aromatic heterocycles. The number of Topliss-reactive ketones (excluding diaryl/α,β-unsaturated/α-hetero) is 1. The molecule has 0 amide bonds. The topological polar surface area (TPSA) is 120 Å². The molecule has 0 aliphatic rings. The summed E-state index contributed by atoms with van der Waals surface area (Å²) in [5.74, 6) is -1.76. The van der Waals surface area contributed by atoms with Crippen LogP contribution in [-0.4, -0.2) is 31.9 Å². The molecule has 0 fully saturated rings. The number of carboxylic acid groups (broad SMARTS) is 1.